The maximum atomic E-state index is 12.6. The SMILES string of the molecule is CC(Cc1ccccc1)N(c1ccc(C(=O)NO)cc1)C1(C)CCNC1=O. The molecule has 3 N–H and O–H groups in total. The van der Waals surface area contributed by atoms with Gasteiger partial charge in [0, 0.05) is 23.8 Å². The third-order valence-electron chi connectivity index (χ3n) is 5.24. The third kappa shape index (κ3) is 3.80. The Morgan fingerprint density at radius 3 is 2.44 bits per heavy atom. The Bertz CT molecular complexity index is 807. The van der Waals surface area contributed by atoms with Crippen LogP contribution in [0.15, 0.2) is 54.6 Å². The van der Waals surface area contributed by atoms with E-state index in [9.17, 15) is 9.59 Å². The van der Waals surface area contributed by atoms with Crippen molar-refractivity contribution >= 4 is 17.5 Å². The number of hydroxylamine groups is 1. The molecule has 0 saturated carbocycles. The molecular weight excluding hydrogens is 342 g/mol. The fourth-order valence-corrected chi connectivity index (χ4v) is 3.86. The highest BCUT2D eigenvalue weighted by Gasteiger charge is 2.45. The summed E-state index contributed by atoms with van der Waals surface area (Å²) in [5.41, 5.74) is 3.41. The summed E-state index contributed by atoms with van der Waals surface area (Å²) in [4.78, 5) is 26.4. The van der Waals surface area contributed by atoms with Crippen molar-refractivity contribution in [2.24, 2.45) is 0 Å². The van der Waals surface area contributed by atoms with E-state index in [4.69, 9.17) is 5.21 Å². The second-order valence-electron chi connectivity index (χ2n) is 7.18. The van der Waals surface area contributed by atoms with Gasteiger partial charge in [0.15, 0.2) is 0 Å². The van der Waals surface area contributed by atoms with Crippen LogP contribution in [-0.2, 0) is 11.2 Å². The van der Waals surface area contributed by atoms with Crippen LogP contribution in [0, 0.1) is 0 Å². The van der Waals surface area contributed by atoms with Crippen molar-refractivity contribution in [3.8, 4) is 0 Å². The van der Waals surface area contributed by atoms with Gasteiger partial charge in [0.05, 0.1) is 0 Å². The van der Waals surface area contributed by atoms with Crippen molar-refractivity contribution < 1.29 is 14.8 Å². The lowest BCUT2D eigenvalue weighted by Crippen LogP contribution is -2.56. The minimum Gasteiger partial charge on any atom is -0.354 e. The molecule has 2 atom stereocenters. The van der Waals surface area contributed by atoms with Crippen LogP contribution in [0.2, 0.25) is 0 Å². The fourth-order valence-electron chi connectivity index (χ4n) is 3.86. The van der Waals surface area contributed by atoms with Crippen LogP contribution < -0.4 is 15.7 Å². The Labute approximate surface area is 159 Å². The zero-order valence-electron chi connectivity index (χ0n) is 15.6. The molecule has 2 aromatic rings. The van der Waals surface area contributed by atoms with Gasteiger partial charge < -0.3 is 10.2 Å². The smallest absolute Gasteiger partial charge is 0.274 e. The highest BCUT2D eigenvalue weighted by molar-refractivity contribution is 5.94. The quantitative estimate of drug-likeness (QED) is 0.541. The van der Waals surface area contributed by atoms with Gasteiger partial charge >= 0.3 is 0 Å². The average Bonchev–Trinajstić information content (AvgIpc) is 3.01. The first-order valence-corrected chi connectivity index (χ1v) is 9.12. The second kappa shape index (κ2) is 7.80. The first-order valence-electron chi connectivity index (χ1n) is 9.12. The van der Waals surface area contributed by atoms with Gasteiger partial charge in [-0.3, -0.25) is 14.8 Å². The van der Waals surface area contributed by atoms with Crippen LogP contribution in [0.3, 0.4) is 0 Å². The Kier molecular flexibility index (Phi) is 5.46. The molecule has 0 radical (unpaired) electrons. The lowest BCUT2D eigenvalue weighted by molar-refractivity contribution is -0.123. The molecule has 6 nitrogen and oxygen atoms in total. The van der Waals surface area contributed by atoms with E-state index < -0.39 is 11.4 Å². The predicted molar refractivity (Wildman–Crippen MR) is 104 cm³/mol. The van der Waals surface area contributed by atoms with Crippen LogP contribution in [0.1, 0.15) is 36.2 Å². The highest BCUT2D eigenvalue weighted by Crippen LogP contribution is 2.33. The molecular formula is C21H25N3O3. The Morgan fingerprint density at radius 2 is 1.89 bits per heavy atom. The van der Waals surface area contributed by atoms with Gasteiger partial charge in [-0.15, -0.1) is 0 Å². The normalized spacial score (nSPS) is 20.0. The number of rotatable bonds is 6. The topological polar surface area (TPSA) is 81.7 Å². The summed E-state index contributed by atoms with van der Waals surface area (Å²) < 4.78 is 0. The summed E-state index contributed by atoms with van der Waals surface area (Å²) in [6, 6.07) is 17.2. The van der Waals surface area contributed by atoms with Crippen molar-refractivity contribution in [1.29, 1.82) is 0 Å². The number of carbonyl (C=O) groups is 2. The summed E-state index contributed by atoms with van der Waals surface area (Å²) in [6.07, 6.45) is 1.51. The Morgan fingerprint density at radius 1 is 1.22 bits per heavy atom. The summed E-state index contributed by atoms with van der Waals surface area (Å²) in [6.45, 7) is 4.72. The zero-order valence-corrected chi connectivity index (χ0v) is 15.6. The van der Waals surface area contributed by atoms with E-state index in [0.717, 1.165) is 12.1 Å². The van der Waals surface area contributed by atoms with Crippen LogP contribution in [0.25, 0.3) is 0 Å². The molecule has 0 spiro atoms. The van der Waals surface area contributed by atoms with E-state index in [0.29, 0.717) is 18.5 Å². The molecule has 1 aliphatic heterocycles. The summed E-state index contributed by atoms with van der Waals surface area (Å²) in [7, 11) is 0. The number of hydrogen-bond donors (Lipinski definition) is 3. The van der Waals surface area contributed by atoms with E-state index in [1.807, 2.05) is 37.3 Å². The average molecular weight is 367 g/mol. The van der Waals surface area contributed by atoms with Gasteiger partial charge in [-0.25, -0.2) is 5.48 Å². The van der Waals surface area contributed by atoms with Gasteiger partial charge in [-0.05, 0) is 56.5 Å². The number of hydrogen-bond acceptors (Lipinski definition) is 4. The number of carbonyl (C=O) groups excluding carboxylic acids is 2. The first-order chi connectivity index (χ1) is 13.0. The van der Waals surface area contributed by atoms with Crippen molar-refractivity contribution in [2.75, 3.05) is 11.4 Å². The van der Waals surface area contributed by atoms with E-state index in [2.05, 4.69) is 29.3 Å². The molecule has 142 valence electrons. The molecule has 2 unspecified atom stereocenters. The molecule has 27 heavy (non-hydrogen) atoms. The van der Waals surface area contributed by atoms with Gasteiger partial charge in [-0.1, -0.05) is 30.3 Å². The van der Waals surface area contributed by atoms with E-state index in [1.165, 1.54) is 5.56 Å². The molecule has 1 fully saturated rings. The summed E-state index contributed by atoms with van der Waals surface area (Å²) in [5.74, 6) is -0.546. The first kappa shape index (κ1) is 18.9. The van der Waals surface area contributed by atoms with Crippen molar-refractivity contribution in [2.45, 2.75) is 38.3 Å². The van der Waals surface area contributed by atoms with Gasteiger partial charge in [0.1, 0.15) is 5.54 Å². The van der Waals surface area contributed by atoms with Crippen LogP contribution in [0.4, 0.5) is 5.69 Å². The van der Waals surface area contributed by atoms with Gasteiger partial charge in [-0.2, -0.15) is 0 Å². The Balaban J connectivity index is 1.95. The number of benzene rings is 2. The largest absolute Gasteiger partial charge is 0.354 e. The third-order valence-corrected chi connectivity index (χ3v) is 5.24. The minimum atomic E-state index is -0.658. The molecule has 2 aromatic carbocycles. The van der Waals surface area contributed by atoms with Crippen molar-refractivity contribution in [1.82, 2.24) is 10.8 Å². The lowest BCUT2D eigenvalue weighted by atomic mass is 9.92. The predicted octanol–water partition coefficient (Wildman–Crippen LogP) is 2.52. The number of nitrogens with one attached hydrogen (secondary N) is 2. The van der Waals surface area contributed by atoms with Crippen LogP contribution in [0.5, 0.6) is 0 Å². The highest BCUT2D eigenvalue weighted by atomic mass is 16.5. The van der Waals surface area contributed by atoms with Gasteiger partial charge in [0.2, 0.25) is 5.91 Å². The Hall–Kier alpha value is -2.86. The number of amides is 2. The standard InChI is InChI=1S/C21H25N3O3/c1-15(14-16-6-4-3-5-7-16)24(21(2)12-13-22-20(21)26)18-10-8-17(9-11-18)19(25)23-27/h3-11,15,27H,12-14H2,1-2H3,(H,22,26)(H,23,25). The zero-order chi connectivity index (χ0) is 19.4. The fraction of sp³-hybridized carbons (Fsp3) is 0.333. The summed E-state index contributed by atoms with van der Waals surface area (Å²) >= 11 is 0. The molecule has 6 heteroatoms. The summed E-state index contributed by atoms with van der Waals surface area (Å²) in [5, 5.41) is 11.7. The monoisotopic (exact) mass is 367 g/mol. The molecule has 2 amide bonds. The van der Waals surface area contributed by atoms with Crippen molar-refractivity contribution in [3.63, 3.8) is 0 Å². The minimum absolute atomic E-state index is 0.0135. The number of anilines is 1. The molecule has 3 rings (SSSR count). The molecule has 1 heterocycles. The number of nitrogens with zero attached hydrogens (tertiary/aromatic N) is 1. The molecule has 1 saturated heterocycles. The molecule has 0 aliphatic carbocycles. The maximum Gasteiger partial charge on any atom is 0.274 e. The molecule has 0 bridgehead atoms. The van der Waals surface area contributed by atoms with E-state index in [1.54, 1.807) is 17.6 Å². The van der Waals surface area contributed by atoms with Crippen molar-refractivity contribution in [3.05, 3.63) is 65.7 Å². The van der Waals surface area contributed by atoms with Gasteiger partial charge in [0.25, 0.3) is 5.91 Å². The molecule has 1 aliphatic rings. The maximum absolute atomic E-state index is 12.6. The van der Waals surface area contributed by atoms with Crippen LogP contribution in [-0.4, -0.2) is 35.1 Å². The van der Waals surface area contributed by atoms with E-state index >= 15 is 0 Å². The van der Waals surface area contributed by atoms with E-state index in [-0.39, 0.29) is 11.9 Å². The second-order valence-corrected chi connectivity index (χ2v) is 7.18. The van der Waals surface area contributed by atoms with Crippen LogP contribution >= 0.6 is 0 Å². The molecule has 0 aromatic heterocycles. The lowest BCUT2D eigenvalue weighted by Gasteiger charge is -2.42.